The predicted molar refractivity (Wildman–Crippen MR) is 96.0 cm³/mol. The van der Waals surface area contributed by atoms with Crippen molar-refractivity contribution in [3.05, 3.63) is 22.5 Å². The minimum Gasteiger partial charge on any atom is -0.465 e. The summed E-state index contributed by atoms with van der Waals surface area (Å²) in [5, 5.41) is 0. The number of methoxy groups -OCH3 is 1. The molecule has 2 aliphatic rings. The normalized spacial score (nSPS) is 18.3. The van der Waals surface area contributed by atoms with E-state index in [-0.39, 0.29) is 17.7 Å². The molecule has 3 heterocycles. The molecule has 2 saturated heterocycles. The number of esters is 1. The zero-order valence-electron chi connectivity index (χ0n) is 15.8. The summed E-state index contributed by atoms with van der Waals surface area (Å²) in [4.78, 5) is 44.1. The smallest absolute Gasteiger partial charge is 0.339 e. The lowest BCUT2D eigenvalue weighted by molar-refractivity contribution is -0.135. The maximum absolute atomic E-state index is 12.9. The highest BCUT2D eigenvalue weighted by molar-refractivity contribution is 6.00. The summed E-state index contributed by atoms with van der Waals surface area (Å²) < 4.78 is 4.80. The van der Waals surface area contributed by atoms with E-state index in [1.165, 1.54) is 7.11 Å². The van der Waals surface area contributed by atoms with Crippen LogP contribution in [0.1, 0.15) is 57.8 Å². The second-order valence-electron chi connectivity index (χ2n) is 7.22. The van der Waals surface area contributed by atoms with E-state index in [2.05, 4.69) is 4.98 Å². The highest BCUT2D eigenvalue weighted by Crippen LogP contribution is 2.25. The van der Waals surface area contributed by atoms with Crippen molar-refractivity contribution in [2.24, 2.45) is 5.92 Å². The topological polar surface area (TPSA) is 82.7 Å². The molecule has 0 atom stereocenters. The Morgan fingerprint density at radius 2 is 1.62 bits per heavy atom. The van der Waals surface area contributed by atoms with Crippen LogP contribution in [0.3, 0.4) is 0 Å². The average molecular weight is 361 g/mol. The van der Waals surface area contributed by atoms with Gasteiger partial charge in [-0.05, 0) is 45.1 Å². The zero-order chi connectivity index (χ0) is 18.8. The number of rotatable bonds is 3. The van der Waals surface area contributed by atoms with Gasteiger partial charge in [-0.25, -0.2) is 4.79 Å². The van der Waals surface area contributed by atoms with Gasteiger partial charge >= 0.3 is 5.97 Å². The fourth-order valence-electron chi connectivity index (χ4n) is 4.06. The van der Waals surface area contributed by atoms with Crippen molar-refractivity contribution in [3.63, 3.8) is 0 Å². The number of hydrogen-bond acceptors (Lipinski definition) is 4. The molecule has 26 heavy (non-hydrogen) atoms. The third kappa shape index (κ3) is 3.34. The van der Waals surface area contributed by atoms with E-state index in [0.29, 0.717) is 48.4 Å². The van der Waals surface area contributed by atoms with Gasteiger partial charge in [0.1, 0.15) is 5.69 Å². The van der Waals surface area contributed by atoms with Crippen molar-refractivity contribution >= 4 is 17.8 Å². The molecule has 0 unspecified atom stereocenters. The fourth-order valence-corrected chi connectivity index (χ4v) is 4.06. The van der Waals surface area contributed by atoms with Crippen LogP contribution in [-0.2, 0) is 9.53 Å². The number of piperidine rings is 1. The quantitative estimate of drug-likeness (QED) is 0.834. The molecule has 2 fully saturated rings. The summed E-state index contributed by atoms with van der Waals surface area (Å²) in [6.07, 6.45) is 3.58. The molecule has 3 rings (SSSR count). The summed E-state index contributed by atoms with van der Waals surface area (Å²) in [5.41, 5.74) is 2.12. The van der Waals surface area contributed by atoms with Gasteiger partial charge in [-0.2, -0.15) is 0 Å². The van der Waals surface area contributed by atoms with Gasteiger partial charge in [0.05, 0.1) is 12.7 Å². The van der Waals surface area contributed by atoms with E-state index < -0.39 is 5.97 Å². The van der Waals surface area contributed by atoms with Crippen LogP contribution in [0.5, 0.6) is 0 Å². The van der Waals surface area contributed by atoms with E-state index in [1.54, 1.807) is 18.7 Å². The molecule has 0 spiro atoms. The van der Waals surface area contributed by atoms with Gasteiger partial charge in [0.2, 0.25) is 5.91 Å². The predicted octanol–water partition coefficient (Wildman–Crippen LogP) is 1.89. The molecule has 1 aromatic heterocycles. The zero-order valence-corrected chi connectivity index (χ0v) is 15.8. The maximum atomic E-state index is 12.9. The molecule has 7 nitrogen and oxygen atoms in total. The van der Waals surface area contributed by atoms with E-state index in [4.69, 9.17) is 4.74 Å². The molecule has 0 aromatic carbocycles. The van der Waals surface area contributed by atoms with Crippen LogP contribution < -0.4 is 0 Å². The molecule has 142 valence electrons. The van der Waals surface area contributed by atoms with Crippen LogP contribution in [0.4, 0.5) is 0 Å². The summed E-state index contributed by atoms with van der Waals surface area (Å²) in [6, 6.07) is 0. The van der Waals surface area contributed by atoms with E-state index >= 15 is 0 Å². The summed E-state index contributed by atoms with van der Waals surface area (Å²) in [6.45, 7) is 6.39. The van der Waals surface area contributed by atoms with Crippen LogP contribution in [0.25, 0.3) is 0 Å². The van der Waals surface area contributed by atoms with Crippen molar-refractivity contribution in [2.45, 2.75) is 39.5 Å². The lowest BCUT2D eigenvalue weighted by Gasteiger charge is -2.33. The first kappa shape index (κ1) is 18.5. The number of nitrogens with one attached hydrogen (secondary N) is 1. The lowest BCUT2D eigenvalue weighted by atomic mass is 9.95. The highest BCUT2D eigenvalue weighted by Gasteiger charge is 2.33. The van der Waals surface area contributed by atoms with Crippen molar-refractivity contribution < 1.29 is 19.1 Å². The Bertz CT molecular complexity index is 711. The van der Waals surface area contributed by atoms with E-state index in [1.807, 2.05) is 4.90 Å². The molecule has 0 aliphatic carbocycles. The second kappa shape index (κ2) is 7.51. The minimum atomic E-state index is -0.440. The van der Waals surface area contributed by atoms with E-state index in [0.717, 1.165) is 25.9 Å². The monoisotopic (exact) mass is 361 g/mol. The summed E-state index contributed by atoms with van der Waals surface area (Å²) >= 11 is 0. The largest absolute Gasteiger partial charge is 0.465 e. The molecule has 7 heteroatoms. The van der Waals surface area contributed by atoms with Gasteiger partial charge in [-0.1, -0.05) is 0 Å². The fraction of sp³-hybridized carbons (Fsp3) is 0.632. The molecule has 2 amide bonds. The van der Waals surface area contributed by atoms with Gasteiger partial charge in [-0.3, -0.25) is 9.59 Å². The van der Waals surface area contributed by atoms with Gasteiger partial charge < -0.3 is 19.5 Å². The van der Waals surface area contributed by atoms with Gasteiger partial charge in [0.15, 0.2) is 0 Å². The lowest BCUT2D eigenvalue weighted by Crippen LogP contribution is -2.44. The molecule has 2 aliphatic heterocycles. The van der Waals surface area contributed by atoms with Gasteiger partial charge in [-0.15, -0.1) is 0 Å². The number of amides is 2. The third-order valence-corrected chi connectivity index (χ3v) is 5.59. The second-order valence-corrected chi connectivity index (χ2v) is 7.22. The number of aromatic nitrogens is 1. The first-order chi connectivity index (χ1) is 12.4. The van der Waals surface area contributed by atoms with Crippen molar-refractivity contribution in [1.82, 2.24) is 14.8 Å². The SMILES string of the molecule is COC(=O)c1c(C)[nH]c(C(=O)N2CCC(C(=O)N3CCCC3)CC2)c1C. The van der Waals surface area contributed by atoms with Crippen LogP contribution in [0, 0.1) is 19.8 Å². The van der Waals surface area contributed by atoms with Crippen molar-refractivity contribution in [3.8, 4) is 0 Å². The van der Waals surface area contributed by atoms with Crippen LogP contribution in [0.2, 0.25) is 0 Å². The number of carbonyl (C=O) groups excluding carboxylic acids is 3. The minimum absolute atomic E-state index is 0.0225. The molecule has 1 aromatic rings. The molecular weight excluding hydrogens is 334 g/mol. The van der Waals surface area contributed by atoms with Crippen LogP contribution in [0.15, 0.2) is 0 Å². The van der Waals surface area contributed by atoms with Crippen LogP contribution in [-0.4, -0.2) is 65.9 Å². The van der Waals surface area contributed by atoms with Gasteiger partial charge in [0.25, 0.3) is 5.91 Å². The van der Waals surface area contributed by atoms with Gasteiger partial charge in [0, 0.05) is 37.8 Å². The third-order valence-electron chi connectivity index (χ3n) is 5.59. The number of carbonyl (C=O) groups is 3. The standard InChI is InChI=1S/C19H27N3O4/c1-12-15(19(25)26-3)13(2)20-16(12)18(24)22-10-6-14(7-11-22)17(23)21-8-4-5-9-21/h14,20H,4-11H2,1-3H3. The Morgan fingerprint density at radius 3 is 2.19 bits per heavy atom. The number of likely N-dealkylation sites (tertiary alicyclic amines) is 2. The Balaban J connectivity index is 1.65. The average Bonchev–Trinajstić information content (AvgIpc) is 3.28. The number of aryl methyl sites for hydroxylation is 1. The Morgan fingerprint density at radius 1 is 1.00 bits per heavy atom. The molecule has 0 radical (unpaired) electrons. The number of ether oxygens (including phenoxy) is 1. The Labute approximate surface area is 153 Å². The molecule has 1 N–H and O–H groups in total. The number of H-pyrrole nitrogens is 1. The highest BCUT2D eigenvalue weighted by atomic mass is 16.5. The maximum Gasteiger partial charge on any atom is 0.339 e. The number of aromatic amines is 1. The van der Waals surface area contributed by atoms with Crippen LogP contribution >= 0.6 is 0 Å². The Kier molecular flexibility index (Phi) is 5.34. The molecule has 0 saturated carbocycles. The van der Waals surface area contributed by atoms with Crippen molar-refractivity contribution in [1.29, 1.82) is 0 Å². The first-order valence-electron chi connectivity index (χ1n) is 9.29. The molecule has 0 bridgehead atoms. The molecular formula is C19H27N3O4. The Hall–Kier alpha value is -2.31. The number of hydrogen-bond donors (Lipinski definition) is 1. The first-order valence-corrected chi connectivity index (χ1v) is 9.29. The number of nitrogens with zero attached hydrogens (tertiary/aromatic N) is 2. The van der Waals surface area contributed by atoms with E-state index in [9.17, 15) is 14.4 Å². The summed E-state index contributed by atoms with van der Waals surface area (Å²) in [7, 11) is 1.33. The van der Waals surface area contributed by atoms with Crippen molar-refractivity contribution in [2.75, 3.05) is 33.3 Å². The summed E-state index contributed by atoms with van der Waals surface area (Å²) in [5.74, 6) is -0.290.